The Balaban J connectivity index is 2.59. The molecule has 1 atom stereocenters. The Morgan fingerprint density at radius 1 is 1.47 bits per heavy atom. The van der Waals surface area contributed by atoms with Crippen molar-refractivity contribution in [3.8, 4) is 0 Å². The molecule has 0 aromatic heterocycles. The second kappa shape index (κ2) is 4.82. The van der Waals surface area contributed by atoms with Gasteiger partial charge in [-0.25, -0.2) is 9.59 Å². The predicted molar refractivity (Wildman–Crippen MR) is 55.6 cm³/mol. The van der Waals surface area contributed by atoms with E-state index < -0.39 is 12.0 Å². The molecule has 84 valence electrons. The molecule has 0 saturated carbocycles. The summed E-state index contributed by atoms with van der Waals surface area (Å²) in [4.78, 5) is 25.4. The Morgan fingerprint density at radius 3 is 2.60 bits per heavy atom. The molecule has 5 heteroatoms. The van der Waals surface area contributed by atoms with Gasteiger partial charge in [-0.3, -0.25) is 0 Å². The third-order valence-corrected chi connectivity index (χ3v) is 2.57. The third-order valence-electron chi connectivity index (χ3n) is 2.57. The number of carbonyl (C=O) groups excluding carboxylic acids is 1. The van der Waals surface area contributed by atoms with Crippen LogP contribution in [0.2, 0.25) is 0 Å². The van der Waals surface area contributed by atoms with Crippen LogP contribution in [0, 0.1) is 0 Å². The van der Waals surface area contributed by atoms with Crippen molar-refractivity contribution in [1.29, 1.82) is 0 Å². The van der Waals surface area contributed by atoms with Crippen molar-refractivity contribution in [2.75, 3.05) is 20.1 Å². The van der Waals surface area contributed by atoms with Crippen molar-refractivity contribution in [1.82, 2.24) is 9.80 Å². The molecule has 0 bridgehead atoms. The Labute approximate surface area is 89.0 Å². The highest BCUT2D eigenvalue weighted by Crippen LogP contribution is 2.07. The zero-order chi connectivity index (χ0) is 11.4. The molecule has 0 aromatic carbocycles. The first-order valence-electron chi connectivity index (χ1n) is 4.93. The fourth-order valence-corrected chi connectivity index (χ4v) is 1.37. The van der Waals surface area contributed by atoms with Crippen LogP contribution in [-0.2, 0) is 4.79 Å². The molecule has 0 saturated heterocycles. The van der Waals surface area contributed by atoms with Crippen molar-refractivity contribution in [2.45, 2.75) is 19.4 Å². The van der Waals surface area contributed by atoms with Gasteiger partial charge in [0.15, 0.2) is 0 Å². The number of hydrogen-bond donors (Lipinski definition) is 1. The minimum Gasteiger partial charge on any atom is -0.480 e. The number of hydrogen-bond acceptors (Lipinski definition) is 2. The second-order valence-corrected chi connectivity index (χ2v) is 3.61. The molecule has 0 fully saturated rings. The van der Waals surface area contributed by atoms with Gasteiger partial charge >= 0.3 is 12.0 Å². The van der Waals surface area contributed by atoms with Crippen molar-refractivity contribution in [3.63, 3.8) is 0 Å². The van der Waals surface area contributed by atoms with Crippen LogP contribution in [0.25, 0.3) is 0 Å². The number of rotatable bonds is 2. The highest BCUT2D eigenvalue weighted by Gasteiger charge is 2.25. The lowest BCUT2D eigenvalue weighted by atomic mass is 10.2. The van der Waals surface area contributed by atoms with Crippen LogP contribution in [0.4, 0.5) is 4.79 Å². The van der Waals surface area contributed by atoms with Crippen molar-refractivity contribution in [2.24, 2.45) is 0 Å². The van der Waals surface area contributed by atoms with Crippen LogP contribution < -0.4 is 0 Å². The summed E-state index contributed by atoms with van der Waals surface area (Å²) in [7, 11) is 1.51. The lowest BCUT2D eigenvalue weighted by Crippen LogP contribution is -2.48. The first-order chi connectivity index (χ1) is 7.04. The van der Waals surface area contributed by atoms with Gasteiger partial charge in [0.1, 0.15) is 6.04 Å². The molecular formula is C10H16N2O3. The van der Waals surface area contributed by atoms with Crippen LogP contribution in [0.15, 0.2) is 12.2 Å². The number of carbonyl (C=O) groups is 2. The van der Waals surface area contributed by atoms with Gasteiger partial charge in [0.25, 0.3) is 0 Å². The highest BCUT2D eigenvalue weighted by atomic mass is 16.4. The Morgan fingerprint density at radius 2 is 2.13 bits per heavy atom. The maximum absolute atomic E-state index is 11.8. The van der Waals surface area contributed by atoms with E-state index in [4.69, 9.17) is 5.11 Å². The number of carboxylic acid groups (broad SMARTS) is 1. The number of urea groups is 1. The SMILES string of the molecule is CC(C(=O)O)N(C)C(=O)N1CC=CCC1. The normalized spacial score (nSPS) is 17.3. The molecule has 1 unspecified atom stereocenters. The fourth-order valence-electron chi connectivity index (χ4n) is 1.37. The minimum atomic E-state index is -0.988. The Bertz CT molecular complexity index is 288. The van der Waals surface area contributed by atoms with Gasteiger partial charge in [-0.1, -0.05) is 12.2 Å². The van der Waals surface area contributed by atoms with E-state index in [9.17, 15) is 9.59 Å². The monoisotopic (exact) mass is 212 g/mol. The van der Waals surface area contributed by atoms with Crippen LogP contribution in [0.3, 0.4) is 0 Å². The lowest BCUT2D eigenvalue weighted by Gasteiger charge is -2.30. The van der Waals surface area contributed by atoms with Gasteiger partial charge < -0.3 is 14.9 Å². The van der Waals surface area contributed by atoms with Crippen LogP contribution in [0.5, 0.6) is 0 Å². The van der Waals surface area contributed by atoms with E-state index in [2.05, 4.69) is 0 Å². The molecule has 1 N–H and O–H groups in total. The van der Waals surface area contributed by atoms with Gasteiger partial charge in [-0.05, 0) is 13.3 Å². The predicted octanol–water partition coefficient (Wildman–Crippen LogP) is 0.773. The zero-order valence-corrected chi connectivity index (χ0v) is 9.01. The molecule has 15 heavy (non-hydrogen) atoms. The topological polar surface area (TPSA) is 60.9 Å². The first kappa shape index (κ1) is 11.6. The number of carboxylic acids is 1. The van der Waals surface area contributed by atoms with Gasteiger partial charge in [-0.15, -0.1) is 0 Å². The first-order valence-corrected chi connectivity index (χ1v) is 4.93. The molecule has 1 heterocycles. The summed E-state index contributed by atoms with van der Waals surface area (Å²) in [5, 5.41) is 8.77. The average molecular weight is 212 g/mol. The molecule has 0 radical (unpaired) electrons. The van der Waals surface area contributed by atoms with Crippen LogP contribution >= 0.6 is 0 Å². The van der Waals surface area contributed by atoms with Gasteiger partial charge in [0.2, 0.25) is 0 Å². The minimum absolute atomic E-state index is 0.228. The molecule has 1 rings (SSSR count). The molecule has 1 aliphatic heterocycles. The number of nitrogens with zero attached hydrogens (tertiary/aromatic N) is 2. The summed E-state index contributed by atoms with van der Waals surface area (Å²) in [5.41, 5.74) is 0. The molecular weight excluding hydrogens is 196 g/mol. The van der Waals surface area contributed by atoms with Gasteiger partial charge in [-0.2, -0.15) is 0 Å². The lowest BCUT2D eigenvalue weighted by molar-refractivity contribution is -0.141. The quantitative estimate of drug-likeness (QED) is 0.688. The Kier molecular flexibility index (Phi) is 3.71. The van der Waals surface area contributed by atoms with E-state index in [0.717, 1.165) is 6.42 Å². The summed E-state index contributed by atoms with van der Waals surface area (Å²) < 4.78 is 0. The van der Waals surface area contributed by atoms with Crippen LogP contribution in [-0.4, -0.2) is 53.1 Å². The van der Waals surface area contributed by atoms with E-state index in [0.29, 0.717) is 13.1 Å². The van der Waals surface area contributed by atoms with E-state index in [1.165, 1.54) is 18.9 Å². The average Bonchev–Trinajstić information content (AvgIpc) is 2.27. The van der Waals surface area contributed by atoms with Gasteiger partial charge in [0, 0.05) is 20.1 Å². The van der Waals surface area contributed by atoms with Gasteiger partial charge in [0.05, 0.1) is 0 Å². The maximum Gasteiger partial charge on any atom is 0.326 e. The van der Waals surface area contributed by atoms with E-state index in [-0.39, 0.29) is 6.03 Å². The van der Waals surface area contributed by atoms with E-state index in [1.54, 1.807) is 4.90 Å². The molecule has 0 aromatic rings. The zero-order valence-electron chi connectivity index (χ0n) is 9.01. The summed E-state index contributed by atoms with van der Waals surface area (Å²) in [5.74, 6) is -0.988. The summed E-state index contributed by atoms with van der Waals surface area (Å²) in [6, 6.07) is -1.02. The number of amides is 2. The van der Waals surface area contributed by atoms with Crippen molar-refractivity contribution < 1.29 is 14.7 Å². The number of aliphatic carboxylic acids is 1. The molecule has 0 aliphatic carbocycles. The van der Waals surface area contributed by atoms with Crippen LogP contribution in [0.1, 0.15) is 13.3 Å². The molecule has 2 amide bonds. The number of likely N-dealkylation sites (N-methyl/N-ethyl adjacent to an activating group) is 1. The standard InChI is InChI=1S/C10H16N2O3/c1-8(9(13)14)11(2)10(15)12-6-4-3-5-7-12/h3-4,8H,5-7H2,1-2H3,(H,13,14). The summed E-state index contributed by atoms with van der Waals surface area (Å²) in [6.45, 7) is 2.72. The largest absolute Gasteiger partial charge is 0.480 e. The van der Waals surface area contributed by atoms with Crippen molar-refractivity contribution in [3.05, 3.63) is 12.2 Å². The smallest absolute Gasteiger partial charge is 0.326 e. The molecule has 5 nitrogen and oxygen atoms in total. The van der Waals surface area contributed by atoms with Crippen molar-refractivity contribution >= 4 is 12.0 Å². The third kappa shape index (κ3) is 2.71. The van der Waals surface area contributed by atoms with E-state index >= 15 is 0 Å². The molecule has 0 spiro atoms. The summed E-state index contributed by atoms with van der Waals surface area (Å²) in [6.07, 6.45) is 4.77. The fraction of sp³-hybridized carbons (Fsp3) is 0.600. The molecule has 1 aliphatic rings. The Hall–Kier alpha value is -1.52. The van der Waals surface area contributed by atoms with E-state index in [1.807, 2.05) is 12.2 Å². The highest BCUT2D eigenvalue weighted by molar-refractivity contribution is 5.82. The summed E-state index contributed by atoms with van der Waals surface area (Å²) >= 11 is 0. The second-order valence-electron chi connectivity index (χ2n) is 3.61. The maximum atomic E-state index is 11.8.